The quantitative estimate of drug-likeness (QED) is 0.742. The van der Waals surface area contributed by atoms with Crippen molar-refractivity contribution in [2.45, 2.75) is 27.7 Å². The molecule has 1 aliphatic carbocycles. The number of hydrogen-bond acceptors (Lipinski definition) is 5. The maximum Gasteiger partial charge on any atom is 0.277 e. The van der Waals surface area contributed by atoms with Crippen LogP contribution in [0.3, 0.4) is 0 Å². The van der Waals surface area contributed by atoms with Crippen LogP contribution < -0.4 is 19.5 Å². The van der Waals surface area contributed by atoms with Gasteiger partial charge in [0.2, 0.25) is 11.7 Å². The van der Waals surface area contributed by atoms with E-state index in [-0.39, 0.29) is 11.8 Å². The highest BCUT2D eigenvalue weighted by atomic mass is 16.5. The first-order valence-electron chi connectivity index (χ1n) is 10.0. The molecule has 0 radical (unpaired) electrons. The van der Waals surface area contributed by atoms with Gasteiger partial charge in [-0.1, -0.05) is 11.6 Å². The number of carbonyl (C=O) groups excluding carboxylic acids is 2. The molecule has 0 aromatic heterocycles. The van der Waals surface area contributed by atoms with Gasteiger partial charge in [0.15, 0.2) is 11.5 Å². The molecule has 0 saturated carbocycles. The lowest BCUT2D eigenvalue weighted by atomic mass is 9.89. The molecule has 1 aromatic carbocycles. The molecule has 1 aromatic rings. The van der Waals surface area contributed by atoms with E-state index in [1.165, 1.54) is 0 Å². The van der Waals surface area contributed by atoms with E-state index in [0.717, 1.165) is 5.57 Å². The van der Waals surface area contributed by atoms with E-state index >= 15 is 0 Å². The number of fused-ring (bicyclic) bond motifs is 1. The Kier molecular flexibility index (Phi) is 6.72. The van der Waals surface area contributed by atoms with Crippen LogP contribution in [0, 0.1) is 5.92 Å². The standard InChI is InChI=1S/C23H26N2O5/c1-5-28-19-11-15(12-20(29-6-2)22(19)30-7-3)23(27)24-16-8-9-17-14(4)10-21(26)25-18(17)13-16/h8-13,17H,5-7H2,1-4H3,(H,25,26). The molecule has 30 heavy (non-hydrogen) atoms. The van der Waals surface area contributed by atoms with Crippen LogP contribution in [0.2, 0.25) is 0 Å². The fourth-order valence-corrected chi connectivity index (χ4v) is 3.35. The van der Waals surface area contributed by atoms with E-state index in [1.54, 1.807) is 30.4 Å². The second-order valence-electron chi connectivity index (χ2n) is 6.76. The lowest BCUT2D eigenvalue weighted by molar-refractivity contribution is -0.116. The molecular weight excluding hydrogens is 384 g/mol. The molecule has 158 valence electrons. The number of rotatable bonds is 7. The molecule has 2 amide bonds. The lowest BCUT2D eigenvalue weighted by Crippen LogP contribution is -2.32. The summed E-state index contributed by atoms with van der Waals surface area (Å²) in [4.78, 5) is 28.9. The van der Waals surface area contributed by atoms with Crippen LogP contribution in [0.4, 0.5) is 0 Å². The summed E-state index contributed by atoms with van der Waals surface area (Å²) in [6.07, 6.45) is 6.99. The molecule has 7 heteroatoms. The first kappa shape index (κ1) is 21.4. The van der Waals surface area contributed by atoms with E-state index < -0.39 is 5.91 Å². The molecule has 1 atom stereocenters. The summed E-state index contributed by atoms with van der Waals surface area (Å²) in [6.45, 7) is 8.76. The molecular formula is C23H26N2O5. The molecule has 0 fully saturated rings. The van der Waals surface area contributed by atoms with Crippen molar-refractivity contribution in [3.8, 4) is 17.2 Å². The van der Waals surface area contributed by atoms with E-state index in [0.29, 0.717) is 54.0 Å². The minimum Gasteiger partial charge on any atom is -0.490 e. The number of benzene rings is 1. The number of hydrogen-bond donors (Lipinski definition) is 1. The van der Waals surface area contributed by atoms with Crippen molar-refractivity contribution in [3.05, 3.63) is 53.3 Å². The van der Waals surface area contributed by atoms with E-state index in [4.69, 9.17) is 14.2 Å². The van der Waals surface area contributed by atoms with Crippen LogP contribution in [0.5, 0.6) is 17.2 Å². The molecule has 1 aliphatic heterocycles. The molecule has 0 saturated heterocycles. The first-order valence-corrected chi connectivity index (χ1v) is 10.0. The highest BCUT2D eigenvalue weighted by Gasteiger charge is 2.24. The second-order valence-corrected chi connectivity index (χ2v) is 6.76. The zero-order valence-corrected chi connectivity index (χ0v) is 17.7. The van der Waals surface area contributed by atoms with Crippen LogP contribution in [-0.2, 0) is 4.79 Å². The SMILES string of the molecule is CCOc1cc(C(=O)N=C2C=CC3C(C)=CC(=O)NC3=C2)cc(OCC)c1OCC. The van der Waals surface area contributed by atoms with Crippen LogP contribution in [0.15, 0.2) is 52.7 Å². The fourth-order valence-electron chi connectivity index (χ4n) is 3.35. The number of nitrogens with zero attached hydrogens (tertiary/aromatic N) is 1. The van der Waals surface area contributed by atoms with Crippen molar-refractivity contribution >= 4 is 17.5 Å². The third kappa shape index (κ3) is 4.62. The van der Waals surface area contributed by atoms with Crippen molar-refractivity contribution in [1.82, 2.24) is 5.32 Å². The molecule has 1 N–H and O–H groups in total. The van der Waals surface area contributed by atoms with Gasteiger partial charge in [-0.05, 0) is 52.0 Å². The summed E-state index contributed by atoms with van der Waals surface area (Å²) in [5.74, 6) is 0.726. The largest absolute Gasteiger partial charge is 0.490 e. The van der Waals surface area contributed by atoms with Gasteiger partial charge < -0.3 is 19.5 Å². The topological polar surface area (TPSA) is 86.2 Å². The molecule has 0 bridgehead atoms. The number of ether oxygens (including phenoxy) is 3. The third-order valence-corrected chi connectivity index (χ3v) is 4.60. The van der Waals surface area contributed by atoms with Crippen molar-refractivity contribution < 1.29 is 23.8 Å². The highest BCUT2D eigenvalue weighted by Crippen LogP contribution is 2.39. The molecule has 7 nitrogen and oxygen atoms in total. The normalized spacial score (nSPS) is 18.9. The van der Waals surface area contributed by atoms with Gasteiger partial charge >= 0.3 is 0 Å². The number of aliphatic imine (C=N–C) groups is 1. The first-order chi connectivity index (χ1) is 14.5. The summed E-state index contributed by atoms with van der Waals surface area (Å²) < 4.78 is 17.0. The maximum atomic E-state index is 12.9. The maximum absolute atomic E-state index is 12.9. The van der Waals surface area contributed by atoms with E-state index in [2.05, 4.69) is 10.3 Å². The summed E-state index contributed by atoms with van der Waals surface area (Å²) in [5.41, 5.74) is 2.45. The van der Waals surface area contributed by atoms with Gasteiger partial charge in [-0.3, -0.25) is 9.59 Å². The Bertz CT molecular complexity index is 945. The van der Waals surface area contributed by atoms with Crippen molar-refractivity contribution in [2.24, 2.45) is 10.9 Å². The summed E-state index contributed by atoms with van der Waals surface area (Å²) >= 11 is 0. The number of nitrogens with one attached hydrogen (secondary N) is 1. The van der Waals surface area contributed by atoms with Gasteiger partial charge in [-0.15, -0.1) is 0 Å². The zero-order valence-electron chi connectivity index (χ0n) is 17.7. The van der Waals surface area contributed by atoms with Gasteiger partial charge in [0.1, 0.15) is 0 Å². The average Bonchev–Trinajstić information content (AvgIpc) is 2.70. The van der Waals surface area contributed by atoms with Gasteiger partial charge in [0.05, 0.1) is 25.5 Å². The summed E-state index contributed by atoms with van der Waals surface area (Å²) in [5, 5.41) is 2.81. The minimum atomic E-state index is -0.440. The molecule has 2 aliphatic rings. The van der Waals surface area contributed by atoms with Crippen molar-refractivity contribution in [3.63, 3.8) is 0 Å². The Morgan fingerprint density at radius 2 is 1.67 bits per heavy atom. The Morgan fingerprint density at radius 1 is 1.03 bits per heavy atom. The van der Waals surface area contributed by atoms with Gasteiger partial charge in [-0.2, -0.15) is 0 Å². The van der Waals surface area contributed by atoms with Crippen LogP contribution in [-0.4, -0.2) is 37.3 Å². The van der Waals surface area contributed by atoms with E-state index in [9.17, 15) is 9.59 Å². The Morgan fingerprint density at radius 3 is 2.27 bits per heavy atom. The lowest BCUT2D eigenvalue weighted by Gasteiger charge is -2.25. The molecule has 0 spiro atoms. The number of amides is 2. The van der Waals surface area contributed by atoms with Crippen molar-refractivity contribution in [2.75, 3.05) is 19.8 Å². The highest BCUT2D eigenvalue weighted by molar-refractivity contribution is 6.14. The van der Waals surface area contributed by atoms with Crippen LogP contribution in [0.1, 0.15) is 38.1 Å². The third-order valence-electron chi connectivity index (χ3n) is 4.60. The van der Waals surface area contributed by atoms with Gasteiger partial charge in [-0.25, -0.2) is 4.99 Å². The van der Waals surface area contributed by atoms with Gasteiger partial charge in [0, 0.05) is 23.3 Å². The van der Waals surface area contributed by atoms with Crippen LogP contribution in [0.25, 0.3) is 0 Å². The molecule has 1 unspecified atom stereocenters. The minimum absolute atomic E-state index is 0.00339. The smallest absolute Gasteiger partial charge is 0.277 e. The Hall–Kier alpha value is -3.35. The second kappa shape index (κ2) is 9.43. The fraction of sp³-hybridized carbons (Fsp3) is 0.348. The molecule has 1 heterocycles. The predicted molar refractivity (Wildman–Crippen MR) is 114 cm³/mol. The average molecular weight is 410 g/mol. The zero-order chi connectivity index (χ0) is 21.7. The van der Waals surface area contributed by atoms with Gasteiger partial charge in [0.25, 0.3) is 5.91 Å². The van der Waals surface area contributed by atoms with Crippen molar-refractivity contribution in [1.29, 1.82) is 0 Å². The van der Waals surface area contributed by atoms with Crippen LogP contribution >= 0.6 is 0 Å². The summed E-state index contributed by atoms with van der Waals surface area (Å²) in [6, 6.07) is 3.22. The number of allylic oxidation sites excluding steroid dienone is 3. The summed E-state index contributed by atoms with van der Waals surface area (Å²) in [7, 11) is 0. The molecule has 3 rings (SSSR count). The predicted octanol–water partition coefficient (Wildman–Crippen LogP) is 3.61. The Balaban J connectivity index is 1.94. The monoisotopic (exact) mass is 410 g/mol. The van der Waals surface area contributed by atoms with E-state index in [1.807, 2.05) is 33.8 Å². The number of carbonyl (C=O) groups is 2. The Labute approximate surface area is 176 Å².